The number of ether oxygens (including phenoxy) is 1. The second-order valence-electron chi connectivity index (χ2n) is 5.23. The van der Waals surface area contributed by atoms with E-state index < -0.39 is 0 Å². The van der Waals surface area contributed by atoms with Gasteiger partial charge in [-0.1, -0.05) is 32.0 Å². The first-order valence-corrected chi connectivity index (χ1v) is 6.86. The van der Waals surface area contributed by atoms with Gasteiger partial charge in [-0.2, -0.15) is 0 Å². The maximum atomic E-state index is 5.83. The van der Waals surface area contributed by atoms with Crippen LogP contribution in [0.4, 0.5) is 0 Å². The third kappa shape index (κ3) is 3.93. The number of hydrogen-bond acceptors (Lipinski definition) is 3. The highest BCUT2D eigenvalue weighted by Gasteiger charge is 2.03. The summed E-state index contributed by atoms with van der Waals surface area (Å²) in [6.07, 6.45) is 0. The predicted octanol–water partition coefficient (Wildman–Crippen LogP) is 3.17. The van der Waals surface area contributed by atoms with Crippen LogP contribution in [-0.4, -0.2) is 24.7 Å². The van der Waals surface area contributed by atoms with Crippen molar-refractivity contribution in [2.24, 2.45) is 5.92 Å². The monoisotopic (exact) mass is 258 g/mol. The van der Waals surface area contributed by atoms with Gasteiger partial charge in [-0.05, 0) is 31.5 Å². The lowest BCUT2D eigenvalue weighted by Crippen LogP contribution is -2.25. The first-order chi connectivity index (χ1) is 9.16. The van der Waals surface area contributed by atoms with Crippen LogP contribution in [0.3, 0.4) is 0 Å². The molecule has 0 spiro atoms. The van der Waals surface area contributed by atoms with Gasteiger partial charge >= 0.3 is 0 Å². The van der Waals surface area contributed by atoms with E-state index in [9.17, 15) is 0 Å². The third-order valence-corrected chi connectivity index (χ3v) is 2.91. The molecule has 1 aromatic heterocycles. The molecule has 0 aliphatic carbocycles. The average Bonchev–Trinajstić information content (AvgIpc) is 2.38. The summed E-state index contributed by atoms with van der Waals surface area (Å²) in [4.78, 5) is 4.56. The summed E-state index contributed by atoms with van der Waals surface area (Å²) < 4.78 is 5.83. The highest BCUT2D eigenvalue weighted by atomic mass is 16.5. The Kier molecular flexibility index (Phi) is 4.74. The number of benzene rings is 1. The van der Waals surface area contributed by atoms with Gasteiger partial charge in [0.1, 0.15) is 17.9 Å². The van der Waals surface area contributed by atoms with E-state index in [2.05, 4.69) is 36.3 Å². The molecule has 0 aliphatic heterocycles. The maximum absolute atomic E-state index is 5.83. The molecule has 0 aliphatic rings. The lowest BCUT2D eigenvalue weighted by molar-refractivity contribution is 0.314. The largest absolute Gasteiger partial charge is 0.490 e. The Hall–Kier alpha value is -1.61. The minimum atomic E-state index is 0.668. The number of fused-ring (bicyclic) bond motifs is 1. The minimum absolute atomic E-state index is 0.668. The van der Waals surface area contributed by atoms with Gasteiger partial charge in [0.25, 0.3) is 0 Å². The summed E-state index contributed by atoms with van der Waals surface area (Å²) in [6, 6.07) is 10.2. The summed E-state index contributed by atoms with van der Waals surface area (Å²) in [5.74, 6) is 1.54. The third-order valence-electron chi connectivity index (χ3n) is 2.91. The van der Waals surface area contributed by atoms with E-state index in [1.807, 2.05) is 25.1 Å². The van der Waals surface area contributed by atoms with Gasteiger partial charge in [0.15, 0.2) is 0 Å². The number of aromatic nitrogens is 1. The van der Waals surface area contributed by atoms with Crippen LogP contribution < -0.4 is 10.1 Å². The molecule has 0 bridgehead atoms. The average molecular weight is 258 g/mol. The van der Waals surface area contributed by atoms with Crippen LogP contribution in [0, 0.1) is 12.8 Å². The van der Waals surface area contributed by atoms with Crippen molar-refractivity contribution in [3.63, 3.8) is 0 Å². The number of hydrogen-bond donors (Lipinski definition) is 1. The van der Waals surface area contributed by atoms with Crippen molar-refractivity contribution in [2.45, 2.75) is 20.8 Å². The summed E-state index contributed by atoms with van der Waals surface area (Å²) in [6.45, 7) is 8.95. The standard InChI is InChI=1S/C16H22N2O/c1-12(2)11-17-9-10-19-15-6-4-5-14-8-7-13(3)18-16(14)15/h4-8,12,17H,9-11H2,1-3H3. The molecule has 0 saturated carbocycles. The van der Waals surface area contributed by atoms with Gasteiger partial charge in [0.2, 0.25) is 0 Å². The number of nitrogens with one attached hydrogen (secondary N) is 1. The van der Waals surface area contributed by atoms with Crippen molar-refractivity contribution in [1.82, 2.24) is 10.3 Å². The summed E-state index contributed by atoms with van der Waals surface area (Å²) >= 11 is 0. The van der Waals surface area contributed by atoms with Crippen molar-refractivity contribution >= 4 is 10.9 Å². The quantitative estimate of drug-likeness (QED) is 0.808. The molecule has 3 nitrogen and oxygen atoms in total. The van der Waals surface area contributed by atoms with E-state index in [1.54, 1.807) is 0 Å². The Labute approximate surface area is 115 Å². The summed E-state index contributed by atoms with van der Waals surface area (Å²) in [5, 5.41) is 4.49. The molecule has 0 amide bonds. The van der Waals surface area contributed by atoms with E-state index in [1.165, 1.54) is 0 Å². The zero-order valence-electron chi connectivity index (χ0n) is 11.9. The molecular formula is C16H22N2O. The van der Waals surface area contributed by atoms with Crippen molar-refractivity contribution in [3.05, 3.63) is 36.0 Å². The fourth-order valence-corrected chi connectivity index (χ4v) is 1.96. The van der Waals surface area contributed by atoms with Gasteiger partial charge in [0.05, 0.1) is 0 Å². The molecular weight excluding hydrogens is 236 g/mol. The van der Waals surface area contributed by atoms with E-state index in [-0.39, 0.29) is 0 Å². The number of para-hydroxylation sites is 1. The smallest absolute Gasteiger partial charge is 0.145 e. The molecule has 19 heavy (non-hydrogen) atoms. The zero-order chi connectivity index (χ0) is 13.7. The Balaban J connectivity index is 1.98. The van der Waals surface area contributed by atoms with Crippen LogP contribution in [0.5, 0.6) is 5.75 Å². The van der Waals surface area contributed by atoms with E-state index in [4.69, 9.17) is 4.74 Å². The molecule has 0 fully saturated rings. The maximum Gasteiger partial charge on any atom is 0.145 e. The normalized spacial score (nSPS) is 11.2. The Morgan fingerprint density at radius 3 is 2.84 bits per heavy atom. The van der Waals surface area contributed by atoms with Crippen LogP contribution in [0.25, 0.3) is 10.9 Å². The molecule has 2 aromatic rings. The second-order valence-corrected chi connectivity index (χ2v) is 5.23. The molecule has 0 saturated heterocycles. The topological polar surface area (TPSA) is 34.1 Å². The molecule has 0 atom stereocenters. The SMILES string of the molecule is Cc1ccc2cccc(OCCNCC(C)C)c2n1. The second kappa shape index (κ2) is 6.53. The molecule has 1 heterocycles. The molecule has 0 radical (unpaired) electrons. The highest BCUT2D eigenvalue weighted by Crippen LogP contribution is 2.23. The molecule has 1 N–H and O–H groups in total. The van der Waals surface area contributed by atoms with Gasteiger partial charge in [-0.3, -0.25) is 0 Å². The molecule has 102 valence electrons. The lowest BCUT2D eigenvalue weighted by Gasteiger charge is -2.11. The zero-order valence-corrected chi connectivity index (χ0v) is 11.9. The fraction of sp³-hybridized carbons (Fsp3) is 0.438. The van der Waals surface area contributed by atoms with Crippen LogP contribution in [0.2, 0.25) is 0 Å². The van der Waals surface area contributed by atoms with Crippen molar-refractivity contribution in [3.8, 4) is 5.75 Å². The first-order valence-electron chi connectivity index (χ1n) is 6.86. The van der Waals surface area contributed by atoms with Gasteiger partial charge in [-0.15, -0.1) is 0 Å². The van der Waals surface area contributed by atoms with Gasteiger partial charge < -0.3 is 10.1 Å². The number of pyridine rings is 1. The van der Waals surface area contributed by atoms with Gasteiger partial charge in [-0.25, -0.2) is 4.98 Å². The molecule has 3 heteroatoms. The number of aryl methyl sites for hydroxylation is 1. The summed E-state index contributed by atoms with van der Waals surface area (Å²) in [7, 11) is 0. The van der Waals surface area contributed by atoms with Gasteiger partial charge in [0, 0.05) is 17.6 Å². The number of nitrogens with zero attached hydrogens (tertiary/aromatic N) is 1. The summed E-state index contributed by atoms with van der Waals surface area (Å²) in [5.41, 5.74) is 1.97. The van der Waals surface area contributed by atoms with E-state index in [0.29, 0.717) is 12.5 Å². The molecule has 0 unspecified atom stereocenters. The Morgan fingerprint density at radius 2 is 2.05 bits per heavy atom. The highest BCUT2D eigenvalue weighted by molar-refractivity contribution is 5.84. The Bertz CT molecular complexity index is 537. The number of rotatable bonds is 6. The van der Waals surface area contributed by atoms with Crippen molar-refractivity contribution in [2.75, 3.05) is 19.7 Å². The van der Waals surface area contributed by atoms with Crippen LogP contribution in [0.15, 0.2) is 30.3 Å². The van der Waals surface area contributed by atoms with E-state index in [0.717, 1.165) is 35.4 Å². The Morgan fingerprint density at radius 1 is 1.21 bits per heavy atom. The van der Waals surface area contributed by atoms with Crippen LogP contribution in [0.1, 0.15) is 19.5 Å². The van der Waals surface area contributed by atoms with Crippen molar-refractivity contribution in [1.29, 1.82) is 0 Å². The molecule has 2 rings (SSSR count). The van der Waals surface area contributed by atoms with Crippen molar-refractivity contribution < 1.29 is 4.74 Å². The van der Waals surface area contributed by atoms with Crippen LogP contribution in [-0.2, 0) is 0 Å². The van der Waals surface area contributed by atoms with E-state index >= 15 is 0 Å². The predicted molar refractivity (Wildman–Crippen MR) is 79.7 cm³/mol. The lowest BCUT2D eigenvalue weighted by atomic mass is 10.2. The molecule has 1 aromatic carbocycles. The first kappa shape index (κ1) is 13.8. The minimum Gasteiger partial charge on any atom is -0.490 e. The fourth-order valence-electron chi connectivity index (χ4n) is 1.96. The van der Waals surface area contributed by atoms with Crippen LogP contribution >= 0.6 is 0 Å².